The molecule has 0 unspecified atom stereocenters. The molecule has 156 valence electrons. The fraction of sp³-hybridized carbons (Fsp3) is 0.0385. The van der Waals surface area contributed by atoms with Crippen molar-refractivity contribution in [3.63, 3.8) is 0 Å². The molecule has 0 bridgehead atoms. The topological polar surface area (TPSA) is 57.0 Å². The molecule has 0 N–H and O–H groups in total. The lowest BCUT2D eigenvalue weighted by atomic mass is 10.2. The molecular formula is C26H19N3O2S. The van der Waals surface area contributed by atoms with Gasteiger partial charge >= 0.3 is 0 Å². The normalized spacial score (nSPS) is 11.2. The maximum absolute atomic E-state index is 13.2. The highest BCUT2D eigenvalue weighted by molar-refractivity contribution is 7.07. The summed E-state index contributed by atoms with van der Waals surface area (Å²) in [5.41, 5.74) is 5.06. The Bertz CT molecular complexity index is 1420. The van der Waals surface area contributed by atoms with Gasteiger partial charge in [0.1, 0.15) is 18.2 Å². The Balaban J connectivity index is 1.46. The number of para-hydroxylation sites is 2. The van der Waals surface area contributed by atoms with Crippen LogP contribution in [-0.4, -0.2) is 14.5 Å². The van der Waals surface area contributed by atoms with E-state index in [1.54, 1.807) is 21.4 Å². The predicted octanol–water partition coefficient (Wildman–Crippen LogP) is 5.59. The molecule has 0 aliphatic carbocycles. The minimum atomic E-state index is -0.0905. The average Bonchev–Trinajstić information content (AvgIpc) is 3.36. The number of benzene rings is 3. The minimum Gasteiger partial charge on any atom is -0.487 e. The number of hydrogen-bond donors (Lipinski definition) is 0. The van der Waals surface area contributed by atoms with Gasteiger partial charge in [0.15, 0.2) is 0 Å². The number of aromatic nitrogens is 3. The molecule has 5 aromatic rings. The number of nitrogens with zero attached hydrogens (tertiary/aromatic N) is 3. The van der Waals surface area contributed by atoms with Crippen LogP contribution in [0.5, 0.6) is 5.75 Å². The van der Waals surface area contributed by atoms with E-state index in [1.807, 2.05) is 96.4 Å². The fourth-order valence-electron chi connectivity index (χ4n) is 3.40. The maximum Gasteiger partial charge on any atom is 0.266 e. The third kappa shape index (κ3) is 4.22. The van der Waals surface area contributed by atoms with Crippen molar-refractivity contribution >= 4 is 34.4 Å². The summed E-state index contributed by atoms with van der Waals surface area (Å²) in [5.74, 6) is 1.35. The molecule has 0 fully saturated rings. The van der Waals surface area contributed by atoms with Gasteiger partial charge in [-0.25, -0.2) is 9.97 Å². The second-order valence-corrected chi connectivity index (χ2v) is 7.85. The second kappa shape index (κ2) is 8.99. The van der Waals surface area contributed by atoms with Crippen molar-refractivity contribution in [2.75, 3.05) is 0 Å². The lowest BCUT2D eigenvalue weighted by Gasteiger charge is -2.11. The minimum absolute atomic E-state index is 0.0905. The number of ether oxygens (including phenoxy) is 1. The van der Waals surface area contributed by atoms with Crippen molar-refractivity contribution in [2.45, 2.75) is 6.61 Å². The molecule has 0 amide bonds. The van der Waals surface area contributed by atoms with E-state index < -0.39 is 0 Å². The standard InChI is InChI=1S/C26H19N3O2S/c30-26-23-8-4-5-9-24(23)28-25(29(26)21-6-2-1-3-7-21)15-12-19-10-13-22(14-11-19)31-16-20-17-32-18-27-20/h1-15,17-18H,16H2/b15-12+. The Morgan fingerprint density at radius 3 is 2.47 bits per heavy atom. The van der Waals surface area contributed by atoms with E-state index >= 15 is 0 Å². The molecule has 3 aromatic carbocycles. The molecular weight excluding hydrogens is 418 g/mol. The summed E-state index contributed by atoms with van der Waals surface area (Å²) in [4.78, 5) is 22.2. The highest BCUT2D eigenvalue weighted by atomic mass is 32.1. The first-order valence-corrected chi connectivity index (χ1v) is 11.1. The zero-order chi connectivity index (χ0) is 21.8. The second-order valence-electron chi connectivity index (χ2n) is 7.13. The van der Waals surface area contributed by atoms with Gasteiger partial charge in [0.25, 0.3) is 5.56 Å². The first kappa shape index (κ1) is 19.9. The third-order valence-electron chi connectivity index (χ3n) is 4.99. The van der Waals surface area contributed by atoms with Crippen molar-refractivity contribution in [3.8, 4) is 11.4 Å². The summed E-state index contributed by atoms with van der Waals surface area (Å²) in [5, 5.41) is 2.56. The van der Waals surface area contributed by atoms with E-state index in [4.69, 9.17) is 9.72 Å². The van der Waals surface area contributed by atoms with E-state index in [0.717, 1.165) is 22.7 Å². The molecule has 0 aliphatic rings. The summed E-state index contributed by atoms with van der Waals surface area (Å²) < 4.78 is 7.41. The maximum atomic E-state index is 13.2. The van der Waals surface area contributed by atoms with Crippen LogP contribution in [0.2, 0.25) is 0 Å². The smallest absolute Gasteiger partial charge is 0.266 e. The van der Waals surface area contributed by atoms with Crippen LogP contribution in [0.25, 0.3) is 28.7 Å². The van der Waals surface area contributed by atoms with Crippen molar-refractivity contribution in [2.24, 2.45) is 0 Å². The molecule has 0 spiro atoms. The molecule has 0 saturated carbocycles. The molecule has 5 nitrogen and oxygen atoms in total. The first-order chi connectivity index (χ1) is 15.8. The zero-order valence-corrected chi connectivity index (χ0v) is 17.9. The SMILES string of the molecule is O=c1c2ccccc2nc(/C=C/c2ccc(OCc3cscn3)cc2)n1-c1ccccc1. The lowest BCUT2D eigenvalue weighted by molar-refractivity contribution is 0.302. The van der Waals surface area contributed by atoms with Gasteiger partial charge < -0.3 is 4.74 Å². The van der Waals surface area contributed by atoms with E-state index in [0.29, 0.717) is 23.3 Å². The van der Waals surface area contributed by atoms with Gasteiger partial charge in [-0.05, 0) is 48.0 Å². The van der Waals surface area contributed by atoms with Crippen LogP contribution < -0.4 is 10.3 Å². The van der Waals surface area contributed by atoms with E-state index in [9.17, 15) is 4.79 Å². The molecule has 2 aromatic heterocycles. The number of thiazole rings is 1. The first-order valence-electron chi connectivity index (χ1n) is 10.1. The van der Waals surface area contributed by atoms with Gasteiger partial charge in [-0.1, -0.05) is 48.5 Å². The Hall–Kier alpha value is -4.03. The summed E-state index contributed by atoms with van der Waals surface area (Å²) in [6.45, 7) is 0.447. The lowest BCUT2D eigenvalue weighted by Crippen LogP contribution is -2.22. The Kier molecular flexibility index (Phi) is 5.59. The molecule has 2 heterocycles. The highest BCUT2D eigenvalue weighted by Gasteiger charge is 2.10. The van der Waals surface area contributed by atoms with Crippen LogP contribution in [0.3, 0.4) is 0 Å². The molecule has 0 aliphatic heterocycles. The Labute approximate surface area is 188 Å². The van der Waals surface area contributed by atoms with Crippen LogP contribution in [-0.2, 0) is 6.61 Å². The van der Waals surface area contributed by atoms with E-state index in [1.165, 1.54) is 0 Å². The Morgan fingerprint density at radius 1 is 0.906 bits per heavy atom. The molecule has 32 heavy (non-hydrogen) atoms. The zero-order valence-electron chi connectivity index (χ0n) is 17.1. The number of fused-ring (bicyclic) bond motifs is 1. The highest BCUT2D eigenvalue weighted by Crippen LogP contribution is 2.18. The number of hydrogen-bond acceptors (Lipinski definition) is 5. The van der Waals surface area contributed by atoms with Crippen LogP contribution in [0.1, 0.15) is 17.1 Å². The molecule has 0 atom stereocenters. The summed E-state index contributed by atoms with van der Waals surface area (Å²) in [7, 11) is 0. The van der Waals surface area contributed by atoms with Gasteiger partial charge in [0, 0.05) is 5.38 Å². The molecule has 0 saturated heterocycles. The summed E-state index contributed by atoms with van der Waals surface area (Å²) in [6.07, 6.45) is 3.81. The van der Waals surface area contributed by atoms with Crippen LogP contribution in [0, 0.1) is 0 Å². The van der Waals surface area contributed by atoms with Gasteiger partial charge in [0.05, 0.1) is 27.8 Å². The quantitative estimate of drug-likeness (QED) is 0.347. The van der Waals surface area contributed by atoms with Crippen molar-refractivity contribution in [3.05, 3.63) is 117 Å². The van der Waals surface area contributed by atoms with E-state index in [-0.39, 0.29) is 5.56 Å². The van der Waals surface area contributed by atoms with Crippen molar-refractivity contribution < 1.29 is 4.74 Å². The van der Waals surface area contributed by atoms with Gasteiger partial charge in [-0.3, -0.25) is 9.36 Å². The van der Waals surface area contributed by atoms with Crippen molar-refractivity contribution in [1.29, 1.82) is 0 Å². The Morgan fingerprint density at radius 2 is 1.69 bits per heavy atom. The molecule has 5 rings (SSSR count). The summed E-state index contributed by atoms with van der Waals surface area (Å²) >= 11 is 1.55. The van der Waals surface area contributed by atoms with Crippen molar-refractivity contribution in [1.82, 2.24) is 14.5 Å². The van der Waals surface area contributed by atoms with Gasteiger partial charge in [-0.2, -0.15) is 0 Å². The van der Waals surface area contributed by atoms with Crippen LogP contribution in [0.4, 0.5) is 0 Å². The average molecular weight is 438 g/mol. The van der Waals surface area contributed by atoms with Gasteiger partial charge in [-0.15, -0.1) is 11.3 Å². The third-order valence-corrected chi connectivity index (χ3v) is 5.63. The fourth-order valence-corrected chi connectivity index (χ4v) is 3.94. The largest absolute Gasteiger partial charge is 0.487 e. The summed E-state index contributed by atoms with van der Waals surface area (Å²) in [6, 6.07) is 24.8. The molecule has 0 radical (unpaired) electrons. The van der Waals surface area contributed by atoms with Crippen LogP contribution >= 0.6 is 11.3 Å². The number of rotatable bonds is 6. The van der Waals surface area contributed by atoms with Gasteiger partial charge in [0.2, 0.25) is 0 Å². The predicted molar refractivity (Wildman–Crippen MR) is 129 cm³/mol. The van der Waals surface area contributed by atoms with E-state index in [2.05, 4.69) is 4.98 Å². The monoisotopic (exact) mass is 437 g/mol. The molecule has 6 heteroatoms. The van der Waals surface area contributed by atoms with Crippen LogP contribution in [0.15, 0.2) is 94.5 Å².